The summed E-state index contributed by atoms with van der Waals surface area (Å²) in [4.78, 5) is 0. The third-order valence-electron chi connectivity index (χ3n) is 3.33. The molecule has 0 aromatic rings. The van der Waals surface area contributed by atoms with Crippen molar-refractivity contribution in [2.45, 2.75) is 25.7 Å². The zero-order valence-corrected chi connectivity index (χ0v) is 8.41. The second-order valence-electron chi connectivity index (χ2n) is 4.32. The highest BCUT2D eigenvalue weighted by atomic mass is 15.6. The van der Waals surface area contributed by atoms with Crippen molar-refractivity contribution in [3.8, 4) is 0 Å². The van der Waals surface area contributed by atoms with Gasteiger partial charge in [-0.05, 0) is 31.7 Å². The summed E-state index contributed by atoms with van der Waals surface area (Å²) in [6, 6.07) is 0. The van der Waals surface area contributed by atoms with Gasteiger partial charge in [0.1, 0.15) is 0 Å². The zero-order valence-electron chi connectivity index (χ0n) is 8.41. The maximum atomic E-state index is 5.68. The van der Waals surface area contributed by atoms with Gasteiger partial charge in [-0.2, -0.15) is 0 Å². The van der Waals surface area contributed by atoms with Crippen LogP contribution in [0.3, 0.4) is 0 Å². The van der Waals surface area contributed by atoms with Gasteiger partial charge in [-0.3, -0.25) is 0 Å². The number of piperidine rings is 1. The Morgan fingerprint density at radius 3 is 2.38 bits per heavy atom. The molecule has 2 fully saturated rings. The average molecular weight is 183 g/mol. The summed E-state index contributed by atoms with van der Waals surface area (Å²) in [5, 5.41) is 5.07. The van der Waals surface area contributed by atoms with Gasteiger partial charge in [0.05, 0.1) is 0 Å². The van der Waals surface area contributed by atoms with Crippen LogP contribution in [0.4, 0.5) is 0 Å². The fourth-order valence-electron chi connectivity index (χ4n) is 2.42. The van der Waals surface area contributed by atoms with E-state index in [1.807, 2.05) is 0 Å². The molecule has 0 amide bonds. The van der Waals surface area contributed by atoms with E-state index in [2.05, 4.69) is 10.0 Å². The van der Waals surface area contributed by atoms with Crippen molar-refractivity contribution in [1.29, 1.82) is 0 Å². The molecule has 2 aliphatic rings. The number of hydrogen-bond acceptors (Lipinski definition) is 3. The first-order valence-electron chi connectivity index (χ1n) is 5.60. The Balaban J connectivity index is 1.80. The molecule has 0 aromatic heterocycles. The molecule has 2 rings (SSSR count). The minimum Gasteiger partial charge on any atom is -0.330 e. The minimum atomic E-state index is 0.752. The van der Waals surface area contributed by atoms with E-state index in [9.17, 15) is 0 Å². The molecular formula is C10H21N3. The topological polar surface area (TPSA) is 32.5 Å². The van der Waals surface area contributed by atoms with Crippen LogP contribution in [-0.2, 0) is 0 Å². The highest BCUT2D eigenvalue weighted by molar-refractivity contribution is 4.76. The minimum absolute atomic E-state index is 0.752. The summed E-state index contributed by atoms with van der Waals surface area (Å²) in [6.45, 7) is 5.86. The van der Waals surface area contributed by atoms with Gasteiger partial charge in [-0.25, -0.2) is 10.0 Å². The second-order valence-corrected chi connectivity index (χ2v) is 4.32. The third kappa shape index (κ3) is 2.22. The summed E-state index contributed by atoms with van der Waals surface area (Å²) in [5.74, 6) is 0.752. The number of hydrogen-bond donors (Lipinski definition) is 1. The van der Waals surface area contributed by atoms with Crippen molar-refractivity contribution in [3.05, 3.63) is 0 Å². The average Bonchev–Trinajstić information content (AvgIpc) is 2.67. The van der Waals surface area contributed by atoms with E-state index in [1.165, 1.54) is 51.9 Å². The van der Waals surface area contributed by atoms with Crippen LogP contribution in [0.25, 0.3) is 0 Å². The van der Waals surface area contributed by atoms with Crippen molar-refractivity contribution in [2.75, 3.05) is 32.7 Å². The van der Waals surface area contributed by atoms with E-state index in [0.29, 0.717) is 0 Å². The zero-order chi connectivity index (χ0) is 9.10. The van der Waals surface area contributed by atoms with Crippen LogP contribution >= 0.6 is 0 Å². The van der Waals surface area contributed by atoms with Crippen molar-refractivity contribution in [1.82, 2.24) is 10.0 Å². The summed E-state index contributed by atoms with van der Waals surface area (Å²) >= 11 is 0. The molecule has 1 atom stereocenters. The van der Waals surface area contributed by atoms with Crippen molar-refractivity contribution in [3.63, 3.8) is 0 Å². The van der Waals surface area contributed by atoms with Crippen molar-refractivity contribution < 1.29 is 0 Å². The van der Waals surface area contributed by atoms with Gasteiger partial charge in [-0.1, -0.05) is 6.42 Å². The summed E-state index contributed by atoms with van der Waals surface area (Å²) < 4.78 is 0. The van der Waals surface area contributed by atoms with Crippen LogP contribution in [0.15, 0.2) is 0 Å². The normalized spacial score (nSPS) is 32.5. The summed E-state index contributed by atoms with van der Waals surface area (Å²) in [7, 11) is 0. The fraction of sp³-hybridized carbons (Fsp3) is 1.00. The van der Waals surface area contributed by atoms with Crippen LogP contribution in [0.5, 0.6) is 0 Å². The molecule has 0 radical (unpaired) electrons. The van der Waals surface area contributed by atoms with Crippen LogP contribution in [0, 0.1) is 5.92 Å². The molecule has 1 unspecified atom stereocenters. The largest absolute Gasteiger partial charge is 0.330 e. The molecule has 13 heavy (non-hydrogen) atoms. The van der Waals surface area contributed by atoms with Crippen LogP contribution < -0.4 is 5.73 Å². The second kappa shape index (κ2) is 4.40. The fourth-order valence-corrected chi connectivity index (χ4v) is 2.42. The van der Waals surface area contributed by atoms with Crippen LogP contribution in [0.2, 0.25) is 0 Å². The maximum Gasteiger partial charge on any atom is 0.0174 e. The monoisotopic (exact) mass is 183 g/mol. The van der Waals surface area contributed by atoms with E-state index in [1.54, 1.807) is 0 Å². The van der Waals surface area contributed by atoms with E-state index in [0.717, 1.165) is 12.5 Å². The van der Waals surface area contributed by atoms with Gasteiger partial charge in [0.15, 0.2) is 0 Å². The third-order valence-corrected chi connectivity index (χ3v) is 3.33. The Bertz CT molecular complexity index is 154. The molecule has 2 heterocycles. The highest BCUT2D eigenvalue weighted by Crippen LogP contribution is 2.20. The predicted octanol–water partition coefficient (Wildman–Crippen LogP) is 0.668. The molecule has 3 heteroatoms. The Kier molecular flexibility index (Phi) is 3.19. The lowest BCUT2D eigenvalue weighted by molar-refractivity contribution is -0.0216. The quantitative estimate of drug-likeness (QED) is 0.683. The summed E-state index contributed by atoms with van der Waals surface area (Å²) in [5.41, 5.74) is 5.68. The molecule has 2 N–H and O–H groups in total. The van der Waals surface area contributed by atoms with Crippen LogP contribution in [0.1, 0.15) is 25.7 Å². The number of nitrogens with two attached hydrogens (primary N) is 1. The maximum absolute atomic E-state index is 5.68. The van der Waals surface area contributed by atoms with Gasteiger partial charge in [-0.15, -0.1) is 0 Å². The molecule has 0 spiro atoms. The molecular weight excluding hydrogens is 162 g/mol. The molecule has 0 aliphatic carbocycles. The summed E-state index contributed by atoms with van der Waals surface area (Å²) in [6.07, 6.45) is 5.48. The smallest absolute Gasteiger partial charge is 0.0174 e. The van der Waals surface area contributed by atoms with Gasteiger partial charge < -0.3 is 5.73 Å². The molecule has 3 nitrogen and oxygen atoms in total. The van der Waals surface area contributed by atoms with Gasteiger partial charge in [0.2, 0.25) is 0 Å². The van der Waals surface area contributed by atoms with E-state index in [-0.39, 0.29) is 0 Å². The lowest BCUT2D eigenvalue weighted by Crippen LogP contribution is -2.44. The molecule has 2 saturated heterocycles. The highest BCUT2D eigenvalue weighted by Gasteiger charge is 2.26. The van der Waals surface area contributed by atoms with Gasteiger partial charge in [0, 0.05) is 26.2 Å². The Morgan fingerprint density at radius 1 is 1.00 bits per heavy atom. The van der Waals surface area contributed by atoms with Crippen molar-refractivity contribution in [2.24, 2.45) is 11.7 Å². The van der Waals surface area contributed by atoms with E-state index in [4.69, 9.17) is 5.73 Å². The lowest BCUT2D eigenvalue weighted by Gasteiger charge is -2.34. The molecule has 0 saturated carbocycles. The van der Waals surface area contributed by atoms with Crippen molar-refractivity contribution >= 4 is 0 Å². The Hall–Kier alpha value is -0.120. The first-order chi connectivity index (χ1) is 6.40. The first kappa shape index (κ1) is 9.44. The molecule has 0 aromatic carbocycles. The molecule has 0 bridgehead atoms. The first-order valence-corrected chi connectivity index (χ1v) is 5.60. The number of hydrazine groups is 1. The number of nitrogens with zero attached hydrogens (tertiary/aromatic N) is 2. The Morgan fingerprint density at radius 2 is 1.77 bits per heavy atom. The lowest BCUT2D eigenvalue weighted by atomic mass is 10.1. The van der Waals surface area contributed by atoms with Crippen LogP contribution in [-0.4, -0.2) is 42.7 Å². The predicted molar refractivity (Wildman–Crippen MR) is 54.2 cm³/mol. The SMILES string of the molecule is NCC1CCN(N2CCCCC2)C1. The molecule has 2 aliphatic heterocycles. The van der Waals surface area contributed by atoms with E-state index >= 15 is 0 Å². The standard InChI is InChI=1S/C10H21N3/c11-8-10-4-7-13(9-10)12-5-2-1-3-6-12/h10H,1-9,11H2. The van der Waals surface area contributed by atoms with Gasteiger partial charge in [0.25, 0.3) is 0 Å². The molecule has 76 valence electrons. The van der Waals surface area contributed by atoms with Gasteiger partial charge >= 0.3 is 0 Å². The Labute approximate surface area is 80.8 Å². The number of rotatable bonds is 2. The van der Waals surface area contributed by atoms with E-state index < -0.39 is 0 Å².